The van der Waals surface area contributed by atoms with Crippen molar-refractivity contribution in [3.63, 3.8) is 0 Å². The van der Waals surface area contributed by atoms with Crippen LogP contribution in [0, 0.1) is 0 Å². The molecule has 0 saturated heterocycles. The lowest BCUT2D eigenvalue weighted by Crippen LogP contribution is -2.07. The normalized spacial score (nSPS) is 14.3. The minimum atomic E-state index is -4.10. The van der Waals surface area contributed by atoms with E-state index in [2.05, 4.69) is 12.1 Å². The standard InChI is InChI=1S/C26H29O7P/c1-18(2)33-34(28,29)32-16-22-7-9-25-24-8-6-21(11-23(24)17-31-26(25)12-22)15-30-14-20-5-3-4-19(10-20)13-27/h3-12,18,27H,13-17H2,1-2H3,(H,28,29). The van der Waals surface area contributed by atoms with E-state index in [9.17, 15) is 14.6 Å². The molecular formula is C26H29O7P. The second-order valence-electron chi connectivity index (χ2n) is 8.48. The Morgan fingerprint density at radius 1 is 0.912 bits per heavy atom. The Bertz CT molecular complexity index is 1190. The lowest BCUT2D eigenvalue weighted by Gasteiger charge is -2.22. The van der Waals surface area contributed by atoms with Crippen LogP contribution in [-0.4, -0.2) is 16.1 Å². The first-order chi connectivity index (χ1) is 16.3. The van der Waals surface area contributed by atoms with Gasteiger partial charge in [0, 0.05) is 5.56 Å². The molecule has 0 radical (unpaired) electrons. The van der Waals surface area contributed by atoms with E-state index >= 15 is 0 Å². The molecule has 2 N–H and O–H groups in total. The lowest BCUT2D eigenvalue weighted by molar-refractivity contribution is 0.107. The molecule has 7 nitrogen and oxygen atoms in total. The smallest absolute Gasteiger partial charge is 0.472 e. The molecule has 0 bridgehead atoms. The number of benzene rings is 3. The van der Waals surface area contributed by atoms with Gasteiger partial charge in [-0.1, -0.05) is 48.5 Å². The number of rotatable bonds is 10. The Kier molecular flexibility index (Phi) is 7.84. The quantitative estimate of drug-likeness (QED) is 0.367. The first-order valence-electron chi connectivity index (χ1n) is 11.1. The maximum Gasteiger partial charge on any atom is 0.472 e. The third-order valence-electron chi connectivity index (χ3n) is 5.34. The first kappa shape index (κ1) is 24.6. The van der Waals surface area contributed by atoms with E-state index in [0.717, 1.165) is 38.9 Å². The minimum absolute atomic E-state index is 0.0173. The average Bonchev–Trinajstić information content (AvgIpc) is 2.82. The summed E-state index contributed by atoms with van der Waals surface area (Å²) in [6.07, 6.45) is -0.410. The number of phosphoric acid groups is 1. The average molecular weight is 484 g/mol. The predicted molar refractivity (Wildman–Crippen MR) is 128 cm³/mol. The third-order valence-corrected chi connectivity index (χ3v) is 6.48. The molecule has 0 aliphatic carbocycles. The zero-order chi connectivity index (χ0) is 24.1. The summed E-state index contributed by atoms with van der Waals surface area (Å²) in [5.74, 6) is 0.707. The summed E-state index contributed by atoms with van der Waals surface area (Å²) in [4.78, 5) is 9.75. The fraction of sp³-hybridized carbons (Fsp3) is 0.308. The summed E-state index contributed by atoms with van der Waals surface area (Å²) in [6.45, 7) is 4.67. The van der Waals surface area contributed by atoms with Crippen LogP contribution in [0.1, 0.15) is 41.7 Å². The van der Waals surface area contributed by atoms with Crippen molar-refractivity contribution in [2.45, 2.75) is 53.0 Å². The van der Waals surface area contributed by atoms with E-state index in [1.54, 1.807) is 13.8 Å². The fourth-order valence-electron chi connectivity index (χ4n) is 3.83. The zero-order valence-corrected chi connectivity index (χ0v) is 20.2. The molecule has 1 aliphatic rings. The highest BCUT2D eigenvalue weighted by molar-refractivity contribution is 7.47. The molecular weight excluding hydrogens is 455 g/mol. The Morgan fingerprint density at radius 2 is 1.59 bits per heavy atom. The number of ether oxygens (including phenoxy) is 2. The summed E-state index contributed by atoms with van der Waals surface area (Å²) < 4.78 is 33.8. The molecule has 1 heterocycles. The highest BCUT2D eigenvalue weighted by Crippen LogP contribution is 2.46. The van der Waals surface area contributed by atoms with Crippen LogP contribution < -0.4 is 4.74 Å². The maximum absolute atomic E-state index is 11.9. The number of aliphatic hydroxyl groups is 1. The van der Waals surface area contributed by atoms with Crippen molar-refractivity contribution in [2.75, 3.05) is 0 Å². The molecule has 0 spiro atoms. The van der Waals surface area contributed by atoms with Gasteiger partial charge >= 0.3 is 7.82 Å². The van der Waals surface area contributed by atoms with Gasteiger partial charge in [-0.2, -0.15) is 0 Å². The Morgan fingerprint density at radius 3 is 2.32 bits per heavy atom. The topological polar surface area (TPSA) is 94.5 Å². The number of phosphoric ester groups is 1. The Balaban J connectivity index is 1.39. The van der Waals surface area contributed by atoms with Crippen molar-refractivity contribution in [1.29, 1.82) is 0 Å². The predicted octanol–water partition coefficient (Wildman–Crippen LogP) is 5.50. The van der Waals surface area contributed by atoms with E-state index in [4.69, 9.17) is 18.5 Å². The van der Waals surface area contributed by atoms with Gasteiger partial charge in [-0.15, -0.1) is 0 Å². The summed E-state index contributed by atoms with van der Waals surface area (Å²) in [5.41, 5.74) is 6.79. The summed E-state index contributed by atoms with van der Waals surface area (Å²) in [7, 11) is -4.10. The second-order valence-corrected chi connectivity index (χ2v) is 9.88. The maximum atomic E-state index is 11.9. The van der Waals surface area contributed by atoms with Crippen molar-refractivity contribution >= 4 is 7.82 Å². The van der Waals surface area contributed by atoms with E-state index in [1.807, 2.05) is 48.5 Å². The second kappa shape index (κ2) is 10.8. The van der Waals surface area contributed by atoms with E-state index in [0.29, 0.717) is 25.6 Å². The largest absolute Gasteiger partial charge is 0.488 e. The molecule has 0 saturated carbocycles. The van der Waals surface area contributed by atoms with Gasteiger partial charge < -0.3 is 19.5 Å². The third kappa shape index (κ3) is 6.33. The zero-order valence-electron chi connectivity index (χ0n) is 19.3. The van der Waals surface area contributed by atoms with Crippen LogP contribution in [0.25, 0.3) is 11.1 Å². The van der Waals surface area contributed by atoms with Gasteiger partial charge in [0.05, 0.1) is 32.5 Å². The van der Waals surface area contributed by atoms with Gasteiger partial charge in [0.25, 0.3) is 0 Å². The van der Waals surface area contributed by atoms with Gasteiger partial charge in [-0.25, -0.2) is 4.57 Å². The van der Waals surface area contributed by atoms with Crippen LogP contribution in [0.5, 0.6) is 5.75 Å². The van der Waals surface area contributed by atoms with Crippen molar-refractivity contribution in [3.05, 3.63) is 88.5 Å². The van der Waals surface area contributed by atoms with Crippen LogP contribution in [0.15, 0.2) is 60.7 Å². The van der Waals surface area contributed by atoms with Crippen LogP contribution in [0.2, 0.25) is 0 Å². The van der Waals surface area contributed by atoms with Crippen LogP contribution in [0.3, 0.4) is 0 Å². The van der Waals surface area contributed by atoms with Gasteiger partial charge in [-0.3, -0.25) is 9.05 Å². The molecule has 8 heteroatoms. The Labute approximate surface area is 199 Å². The number of hydrogen-bond acceptors (Lipinski definition) is 6. The molecule has 1 atom stereocenters. The Hall–Kier alpha value is -2.51. The number of hydrogen-bond donors (Lipinski definition) is 2. The molecule has 3 aromatic carbocycles. The highest BCUT2D eigenvalue weighted by Gasteiger charge is 2.24. The minimum Gasteiger partial charge on any atom is -0.488 e. The highest BCUT2D eigenvalue weighted by atomic mass is 31.2. The first-order valence-corrected chi connectivity index (χ1v) is 12.6. The number of fused-ring (bicyclic) bond motifs is 3. The van der Waals surface area contributed by atoms with Gasteiger partial charge in [0.1, 0.15) is 12.4 Å². The van der Waals surface area contributed by atoms with Crippen molar-refractivity contribution in [2.24, 2.45) is 0 Å². The van der Waals surface area contributed by atoms with Gasteiger partial charge in [-0.05, 0) is 59.4 Å². The summed E-state index contributed by atoms with van der Waals surface area (Å²) in [6, 6.07) is 19.5. The van der Waals surface area contributed by atoms with E-state index < -0.39 is 13.9 Å². The van der Waals surface area contributed by atoms with E-state index in [-0.39, 0.29) is 13.2 Å². The molecule has 34 heavy (non-hydrogen) atoms. The summed E-state index contributed by atoms with van der Waals surface area (Å²) in [5, 5.41) is 9.26. The monoisotopic (exact) mass is 484 g/mol. The molecule has 4 rings (SSSR count). The van der Waals surface area contributed by atoms with Crippen molar-refractivity contribution < 1.29 is 33.1 Å². The number of aliphatic hydroxyl groups excluding tert-OH is 1. The van der Waals surface area contributed by atoms with E-state index in [1.165, 1.54) is 0 Å². The molecule has 3 aromatic rings. The molecule has 180 valence electrons. The van der Waals surface area contributed by atoms with Crippen LogP contribution in [0.4, 0.5) is 0 Å². The van der Waals surface area contributed by atoms with Gasteiger partial charge in [0.15, 0.2) is 0 Å². The fourth-order valence-corrected chi connectivity index (χ4v) is 4.74. The van der Waals surface area contributed by atoms with Crippen molar-refractivity contribution in [3.8, 4) is 16.9 Å². The SMILES string of the molecule is CC(C)OP(=O)(O)OCc1ccc2c(c1)OCc1cc(COCc3cccc(CO)c3)ccc1-2. The van der Waals surface area contributed by atoms with Crippen LogP contribution in [-0.2, 0) is 51.4 Å². The summed E-state index contributed by atoms with van der Waals surface area (Å²) >= 11 is 0. The van der Waals surface area contributed by atoms with Crippen molar-refractivity contribution in [1.82, 2.24) is 0 Å². The molecule has 1 unspecified atom stereocenters. The molecule has 0 aromatic heterocycles. The van der Waals surface area contributed by atoms with Crippen LogP contribution >= 0.6 is 7.82 Å². The molecule has 1 aliphatic heterocycles. The lowest BCUT2D eigenvalue weighted by atomic mass is 9.94. The molecule has 0 amide bonds. The molecule has 0 fully saturated rings. The van der Waals surface area contributed by atoms with Gasteiger partial charge in [0.2, 0.25) is 0 Å².